The summed E-state index contributed by atoms with van der Waals surface area (Å²) < 4.78 is 11.8. The average Bonchev–Trinajstić information content (AvgIpc) is 3.59. The number of aliphatic hydroxyl groups excluding tert-OH is 1. The summed E-state index contributed by atoms with van der Waals surface area (Å²) in [5.41, 5.74) is 2.00. The van der Waals surface area contributed by atoms with Crippen molar-refractivity contribution < 1.29 is 29.1 Å². The minimum Gasteiger partial charge on any atom is -0.507 e. The lowest BCUT2D eigenvalue weighted by molar-refractivity contribution is -0.384. The molecule has 1 saturated heterocycles. The zero-order valence-corrected chi connectivity index (χ0v) is 21.6. The summed E-state index contributed by atoms with van der Waals surface area (Å²) in [6.45, 7) is 1.94. The third kappa shape index (κ3) is 4.07. The number of carbonyl (C=O) groups excluding carboxylic acids is 2. The minimum absolute atomic E-state index is 0.0132. The van der Waals surface area contributed by atoms with Crippen molar-refractivity contribution in [1.29, 1.82) is 0 Å². The van der Waals surface area contributed by atoms with Gasteiger partial charge in [0.2, 0.25) is 0 Å². The van der Waals surface area contributed by atoms with Crippen LogP contribution in [0.15, 0.2) is 66.2 Å². The molecule has 3 heterocycles. The molecule has 2 atom stereocenters. The minimum atomic E-state index is -1.06. The second kappa shape index (κ2) is 9.21. The molecule has 0 bridgehead atoms. The number of methoxy groups -OCH3 is 1. The van der Waals surface area contributed by atoms with E-state index in [2.05, 4.69) is 4.98 Å². The van der Waals surface area contributed by atoms with Crippen LogP contribution in [0.2, 0.25) is 0 Å². The normalized spacial score (nSPS) is 19.8. The molecule has 1 N–H and O–H groups in total. The maximum absolute atomic E-state index is 13.5. The molecule has 1 amide bonds. The third-order valence-corrected chi connectivity index (χ3v) is 7.84. The number of hydrogen-bond acceptors (Lipinski definition) is 9. The molecule has 0 unspecified atom stereocenters. The van der Waals surface area contributed by atoms with E-state index in [1.54, 1.807) is 43.5 Å². The Balaban J connectivity index is 1.52. The SMILES string of the molecule is COc1ccc2nc(N3C(=O)C(=O)C(=C(O)c4ccc5c(c4)C[C@@H](C)O5)[C@@H]3c3ccc([N+](=O)[O-])cc3)sc2c1. The van der Waals surface area contributed by atoms with Crippen molar-refractivity contribution in [2.45, 2.75) is 25.5 Å². The number of ether oxygens (including phenoxy) is 2. The number of hydrogen-bond donors (Lipinski definition) is 1. The number of rotatable bonds is 5. The van der Waals surface area contributed by atoms with Crippen LogP contribution in [-0.2, 0) is 16.0 Å². The van der Waals surface area contributed by atoms with Crippen LogP contribution in [0.4, 0.5) is 10.8 Å². The number of Topliss-reactive ketones (excluding diaryl/α,β-unsaturated/α-hetero) is 1. The van der Waals surface area contributed by atoms with E-state index in [0.717, 1.165) is 10.3 Å². The Hall–Kier alpha value is -4.77. The standard InChI is InChI=1S/C28H21N3O7S/c1-14-11-17-12-16(5-10-21(17)38-14)25(32)23-24(15-3-6-18(7-4-15)31(35)36)30(27(34)26(23)33)28-29-20-9-8-19(37-2)13-22(20)39-28/h3-10,12-14,24,32H,11H2,1-2H3/t14-,24+/m1/s1. The second-order valence-corrected chi connectivity index (χ2v) is 10.3. The van der Waals surface area contributed by atoms with E-state index in [0.29, 0.717) is 34.6 Å². The van der Waals surface area contributed by atoms with Gasteiger partial charge in [0.25, 0.3) is 11.5 Å². The largest absolute Gasteiger partial charge is 0.507 e. The zero-order chi connectivity index (χ0) is 27.4. The number of non-ortho nitro benzene ring substituents is 1. The second-order valence-electron chi connectivity index (χ2n) is 9.30. The average molecular weight is 544 g/mol. The van der Waals surface area contributed by atoms with Gasteiger partial charge in [0.15, 0.2) is 5.13 Å². The lowest BCUT2D eigenvalue weighted by atomic mass is 9.94. The van der Waals surface area contributed by atoms with Crippen molar-refractivity contribution in [2.24, 2.45) is 0 Å². The van der Waals surface area contributed by atoms with Crippen LogP contribution < -0.4 is 14.4 Å². The molecule has 39 heavy (non-hydrogen) atoms. The van der Waals surface area contributed by atoms with Gasteiger partial charge in [-0.05, 0) is 66.6 Å². The van der Waals surface area contributed by atoms with Gasteiger partial charge in [-0.1, -0.05) is 11.3 Å². The number of anilines is 1. The first-order valence-corrected chi connectivity index (χ1v) is 12.9. The number of fused-ring (bicyclic) bond motifs is 2. The number of thiazole rings is 1. The van der Waals surface area contributed by atoms with Crippen LogP contribution in [0.25, 0.3) is 16.0 Å². The van der Waals surface area contributed by atoms with Gasteiger partial charge in [0, 0.05) is 24.1 Å². The molecular weight excluding hydrogens is 522 g/mol. The highest BCUT2D eigenvalue weighted by Crippen LogP contribution is 2.45. The molecular formula is C28H21N3O7S. The van der Waals surface area contributed by atoms with Crippen LogP contribution in [0, 0.1) is 10.1 Å². The van der Waals surface area contributed by atoms with Gasteiger partial charge in [-0.15, -0.1) is 0 Å². The van der Waals surface area contributed by atoms with Crippen LogP contribution >= 0.6 is 11.3 Å². The highest BCUT2D eigenvalue weighted by atomic mass is 32.1. The molecule has 6 rings (SSSR count). The molecule has 4 aromatic rings. The van der Waals surface area contributed by atoms with E-state index < -0.39 is 22.7 Å². The van der Waals surface area contributed by atoms with Crippen molar-refractivity contribution in [1.82, 2.24) is 4.98 Å². The smallest absolute Gasteiger partial charge is 0.301 e. The Bertz CT molecular complexity index is 1710. The highest BCUT2D eigenvalue weighted by molar-refractivity contribution is 7.22. The predicted molar refractivity (Wildman–Crippen MR) is 144 cm³/mol. The van der Waals surface area contributed by atoms with Gasteiger partial charge in [-0.3, -0.25) is 24.6 Å². The van der Waals surface area contributed by atoms with E-state index in [-0.39, 0.29) is 28.3 Å². The molecule has 10 nitrogen and oxygen atoms in total. The number of ketones is 1. The molecule has 0 radical (unpaired) electrons. The number of amides is 1. The van der Waals surface area contributed by atoms with Gasteiger partial charge in [0.1, 0.15) is 23.4 Å². The van der Waals surface area contributed by atoms with Crippen molar-refractivity contribution in [3.05, 3.63) is 93.0 Å². The lowest BCUT2D eigenvalue weighted by Crippen LogP contribution is -2.29. The fraction of sp³-hybridized carbons (Fsp3) is 0.179. The summed E-state index contributed by atoms with van der Waals surface area (Å²) in [5, 5.41) is 23.0. The molecule has 0 spiro atoms. The summed E-state index contributed by atoms with van der Waals surface area (Å²) in [7, 11) is 1.54. The van der Waals surface area contributed by atoms with Gasteiger partial charge >= 0.3 is 5.91 Å². The van der Waals surface area contributed by atoms with E-state index >= 15 is 0 Å². The Labute approximate surface area is 225 Å². The van der Waals surface area contributed by atoms with Crippen molar-refractivity contribution >= 4 is 49.8 Å². The van der Waals surface area contributed by atoms with Crippen molar-refractivity contribution in [3.8, 4) is 11.5 Å². The maximum atomic E-state index is 13.5. The fourth-order valence-corrected chi connectivity index (χ4v) is 5.99. The zero-order valence-electron chi connectivity index (χ0n) is 20.8. The predicted octanol–water partition coefficient (Wildman–Crippen LogP) is 5.16. The van der Waals surface area contributed by atoms with Crippen LogP contribution in [0.5, 0.6) is 11.5 Å². The molecule has 0 aliphatic carbocycles. The van der Waals surface area contributed by atoms with Gasteiger partial charge in [-0.2, -0.15) is 0 Å². The lowest BCUT2D eigenvalue weighted by Gasteiger charge is -2.23. The van der Waals surface area contributed by atoms with Crippen LogP contribution in [-0.4, -0.2) is 39.9 Å². The first-order valence-electron chi connectivity index (χ1n) is 12.0. The number of nitro benzene ring substituents is 1. The maximum Gasteiger partial charge on any atom is 0.301 e. The summed E-state index contributed by atoms with van der Waals surface area (Å²) in [6, 6.07) is 14.9. The van der Waals surface area contributed by atoms with Crippen molar-refractivity contribution in [3.63, 3.8) is 0 Å². The number of aliphatic hydroxyl groups is 1. The number of carbonyl (C=O) groups is 2. The van der Waals surface area contributed by atoms with Crippen LogP contribution in [0.1, 0.15) is 29.7 Å². The number of nitrogens with zero attached hydrogens (tertiary/aromatic N) is 3. The van der Waals surface area contributed by atoms with Gasteiger partial charge < -0.3 is 14.6 Å². The Morgan fingerprint density at radius 1 is 1.15 bits per heavy atom. The third-order valence-electron chi connectivity index (χ3n) is 6.82. The summed E-state index contributed by atoms with van der Waals surface area (Å²) in [5.74, 6) is -0.760. The van der Waals surface area contributed by atoms with Crippen LogP contribution in [0.3, 0.4) is 0 Å². The molecule has 0 saturated carbocycles. The van der Waals surface area contributed by atoms with Crippen molar-refractivity contribution in [2.75, 3.05) is 12.0 Å². The first-order chi connectivity index (χ1) is 18.7. The number of aromatic nitrogens is 1. The molecule has 3 aromatic carbocycles. The van der Waals surface area contributed by atoms with E-state index in [4.69, 9.17) is 9.47 Å². The monoisotopic (exact) mass is 543 g/mol. The summed E-state index contributed by atoms with van der Waals surface area (Å²) in [4.78, 5) is 43.5. The Morgan fingerprint density at radius 2 is 1.92 bits per heavy atom. The molecule has 2 aliphatic rings. The van der Waals surface area contributed by atoms with Gasteiger partial charge in [-0.25, -0.2) is 4.98 Å². The van der Waals surface area contributed by atoms with Gasteiger partial charge in [0.05, 0.1) is 33.9 Å². The molecule has 2 aliphatic heterocycles. The first kappa shape index (κ1) is 24.6. The highest BCUT2D eigenvalue weighted by Gasteiger charge is 2.48. The summed E-state index contributed by atoms with van der Waals surface area (Å²) >= 11 is 1.20. The van der Waals surface area contributed by atoms with E-state index in [1.807, 2.05) is 6.92 Å². The Morgan fingerprint density at radius 3 is 2.64 bits per heavy atom. The van der Waals surface area contributed by atoms with E-state index in [1.165, 1.54) is 40.5 Å². The molecule has 1 fully saturated rings. The quantitative estimate of drug-likeness (QED) is 0.120. The Kier molecular flexibility index (Phi) is 5.80. The number of nitro groups is 1. The number of benzene rings is 3. The molecule has 196 valence electrons. The molecule has 1 aromatic heterocycles. The summed E-state index contributed by atoms with van der Waals surface area (Å²) in [6.07, 6.45) is 0.631. The topological polar surface area (TPSA) is 132 Å². The fourth-order valence-electron chi connectivity index (χ4n) is 4.97. The molecule has 11 heteroatoms. The van der Waals surface area contributed by atoms with E-state index in [9.17, 15) is 24.8 Å².